The second-order valence-electron chi connectivity index (χ2n) is 5.35. The van der Waals surface area contributed by atoms with Crippen molar-refractivity contribution in [3.63, 3.8) is 0 Å². The van der Waals surface area contributed by atoms with E-state index >= 15 is 0 Å². The smallest absolute Gasteiger partial charge is 0.257 e. The summed E-state index contributed by atoms with van der Waals surface area (Å²) in [6.45, 7) is 5.60. The van der Waals surface area contributed by atoms with Crippen molar-refractivity contribution in [2.75, 3.05) is 25.1 Å². The van der Waals surface area contributed by atoms with E-state index in [4.69, 9.17) is 21.7 Å². The Hall–Kier alpha value is -2.44. The molecule has 0 radical (unpaired) electrons. The zero-order valence-corrected chi connectivity index (χ0v) is 15.2. The lowest BCUT2D eigenvalue weighted by Crippen LogP contribution is -2.34. The highest BCUT2D eigenvalue weighted by atomic mass is 32.1. The van der Waals surface area contributed by atoms with Gasteiger partial charge in [0.15, 0.2) is 5.11 Å². The molecule has 0 aliphatic heterocycles. The predicted molar refractivity (Wildman–Crippen MR) is 103 cm³/mol. The molecule has 0 bridgehead atoms. The number of rotatable bonds is 7. The van der Waals surface area contributed by atoms with Crippen molar-refractivity contribution in [1.82, 2.24) is 5.32 Å². The molecule has 0 saturated carbocycles. The van der Waals surface area contributed by atoms with Crippen LogP contribution in [0.3, 0.4) is 0 Å². The Morgan fingerprint density at radius 2 is 1.88 bits per heavy atom. The third kappa shape index (κ3) is 6.52. The summed E-state index contributed by atoms with van der Waals surface area (Å²) in [6, 6.07) is 14.7. The van der Waals surface area contributed by atoms with Gasteiger partial charge in [-0.15, -0.1) is 0 Å². The molecule has 0 aliphatic carbocycles. The van der Waals surface area contributed by atoms with Gasteiger partial charge in [0.25, 0.3) is 5.91 Å². The number of ether oxygens (including phenoxy) is 2. The fraction of sp³-hybridized carbons (Fsp3) is 0.263. The molecule has 25 heavy (non-hydrogen) atoms. The van der Waals surface area contributed by atoms with Crippen molar-refractivity contribution in [3.05, 3.63) is 59.7 Å². The van der Waals surface area contributed by atoms with E-state index < -0.39 is 0 Å². The zero-order valence-electron chi connectivity index (χ0n) is 14.4. The molecule has 0 saturated heterocycles. The minimum absolute atomic E-state index is 0.233. The van der Waals surface area contributed by atoms with Gasteiger partial charge in [-0.25, -0.2) is 0 Å². The molecule has 0 atom stereocenters. The molecule has 2 N–H and O–H groups in total. The molecular formula is C19H22N2O3S. The van der Waals surface area contributed by atoms with E-state index in [9.17, 15) is 4.79 Å². The third-order valence-corrected chi connectivity index (χ3v) is 3.54. The molecule has 2 aromatic carbocycles. The number of anilines is 1. The summed E-state index contributed by atoms with van der Waals surface area (Å²) in [5.41, 5.74) is 2.39. The molecule has 2 aromatic rings. The fourth-order valence-corrected chi connectivity index (χ4v) is 2.28. The topological polar surface area (TPSA) is 59.6 Å². The SMILES string of the molecule is CCOCCOc1cccc(NC(=S)NC(=O)c2ccc(C)cc2)c1. The van der Waals surface area contributed by atoms with Gasteiger partial charge in [-0.3, -0.25) is 10.1 Å². The Labute approximate surface area is 153 Å². The Bertz CT molecular complexity index is 717. The molecule has 132 valence electrons. The quantitative estimate of drug-likeness (QED) is 0.586. The first-order chi connectivity index (χ1) is 12.1. The van der Waals surface area contributed by atoms with E-state index in [1.54, 1.807) is 12.1 Å². The van der Waals surface area contributed by atoms with Crippen LogP contribution in [0.25, 0.3) is 0 Å². The highest BCUT2D eigenvalue weighted by Gasteiger charge is 2.08. The van der Waals surface area contributed by atoms with E-state index in [0.717, 1.165) is 11.3 Å². The Balaban J connectivity index is 1.87. The standard InChI is InChI=1S/C19H22N2O3S/c1-3-23-11-12-24-17-6-4-5-16(13-17)20-19(25)21-18(22)15-9-7-14(2)8-10-15/h4-10,13H,3,11-12H2,1-2H3,(H2,20,21,22,25). The second-order valence-corrected chi connectivity index (χ2v) is 5.76. The molecule has 0 spiro atoms. The Kier molecular flexibility index (Phi) is 7.37. The third-order valence-electron chi connectivity index (χ3n) is 3.33. The van der Waals surface area contributed by atoms with Crippen molar-refractivity contribution in [3.8, 4) is 5.75 Å². The summed E-state index contributed by atoms with van der Waals surface area (Å²) in [5, 5.41) is 5.88. The lowest BCUT2D eigenvalue weighted by molar-refractivity contribution is 0.0977. The summed E-state index contributed by atoms with van der Waals surface area (Å²) in [7, 11) is 0. The van der Waals surface area contributed by atoms with Gasteiger partial charge in [0, 0.05) is 23.9 Å². The normalized spacial score (nSPS) is 10.2. The van der Waals surface area contributed by atoms with Crippen LogP contribution in [0.1, 0.15) is 22.8 Å². The van der Waals surface area contributed by atoms with Crippen molar-refractivity contribution >= 4 is 28.9 Å². The van der Waals surface area contributed by atoms with E-state index in [1.807, 2.05) is 50.2 Å². The monoisotopic (exact) mass is 358 g/mol. The first kappa shape index (κ1) is 18.9. The number of hydrogen-bond acceptors (Lipinski definition) is 4. The molecule has 6 heteroatoms. The first-order valence-electron chi connectivity index (χ1n) is 8.08. The zero-order chi connectivity index (χ0) is 18.1. The molecule has 0 aromatic heterocycles. The molecule has 1 amide bonds. The number of benzene rings is 2. The average molecular weight is 358 g/mol. The summed E-state index contributed by atoms with van der Waals surface area (Å²) in [6.07, 6.45) is 0. The maximum atomic E-state index is 12.1. The van der Waals surface area contributed by atoms with Crippen LogP contribution < -0.4 is 15.4 Å². The number of carbonyl (C=O) groups excluding carboxylic acids is 1. The highest BCUT2D eigenvalue weighted by molar-refractivity contribution is 7.80. The number of aryl methyl sites for hydroxylation is 1. The number of nitrogens with one attached hydrogen (secondary N) is 2. The number of carbonyl (C=O) groups is 1. The van der Waals surface area contributed by atoms with E-state index in [1.165, 1.54) is 0 Å². The van der Waals surface area contributed by atoms with Crippen LogP contribution in [0.5, 0.6) is 5.75 Å². The Morgan fingerprint density at radius 3 is 2.60 bits per heavy atom. The summed E-state index contributed by atoms with van der Waals surface area (Å²) in [4.78, 5) is 12.1. The average Bonchev–Trinajstić information content (AvgIpc) is 2.59. The number of thiocarbonyl (C=S) groups is 1. The van der Waals surface area contributed by atoms with Gasteiger partial charge in [-0.1, -0.05) is 23.8 Å². The largest absolute Gasteiger partial charge is 0.491 e. The van der Waals surface area contributed by atoms with Gasteiger partial charge in [0.2, 0.25) is 0 Å². The van der Waals surface area contributed by atoms with Gasteiger partial charge in [-0.2, -0.15) is 0 Å². The molecule has 0 heterocycles. The van der Waals surface area contributed by atoms with Crippen LogP contribution in [0.2, 0.25) is 0 Å². The summed E-state index contributed by atoms with van der Waals surface area (Å²) < 4.78 is 10.8. The van der Waals surface area contributed by atoms with Crippen LogP contribution in [0.15, 0.2) is 48.5 Å². The Morgan fingerprint density at radius 1 is 1.12 bits per heavy atom. The van der Waals surface area contributed by atoms with Crippen LogP contribution in [-0.2, 0) is 4.74 Å². The molecule has 0 unspecified atom stereocenters. The minimum Gasteiger partial charge on any atom is -0.491 e. The van der Waals surface area contributed by atoms with Crippen LogP contribution in [0, 0.1) is 6.92 Å². The van der Waals surface area contributed by atoms with Crippen LogP contribution in [0.4, 0.5) is 5.69 Å². The van der Waals surface area contributed by atoms with E-state index in [2.05, 4.69) is 10.6 Å². The molecule has 5 nitrogen and oxygen atoms in total. The van der Waals surface area contributed by atoms with E-state index in [-0.39, 0.29) is 11.0 Å². The van der Waals surface area contributed by atoms with Crippen LogP contribution in [-0.4, -0.2) is 30.8 Å². The molecule has 0 aliphatic rings. The van der Waals surface area contributed by atoms with Gasteiger partial charge in [0.1, 0.15) is 12.4 Å². The maximum absolute atomic E-state index is 12.1. The van der Waals surface area contributed by atoms with Gasteiger partial charge >= 0.3 is 0 Å². The summed E-state index contributed by atoms with van der Waals surface area (Å²) in [5.74, 6) is 0.457. The number of hydrogen-bond donors (Lipinski definition) is 2. The molecule has 0 fully saturated rings. The maximum Gasteiger partial charge on any atom is 0.257 e. The first-order valence-corrected chi connectivity index (χ1v) is 8.49. The van der Waals surface area contributed by atoms with Crippen LogP contribution >= 0.6 is 12.2 Å². The van der Waals surface area contributed by atoms with Crippen molar-refractivity contribution in [1.29, 1.82) is 0 Å². The minimum atomic E-state index is -0.249. The lowest BCUT2D eigenvalue weighted by Gasteiger charge is -2.11. The highest BCUT2D eigenvalue weighted by Crippen LogP contribution is 2.17. The second kappa shape index (κ2) is 9.76. The van der Waals surface area contributed by atoms with Gasteiger partial charge in [-0.05, 0) is 50.3 Å². The molecular weight excluding hydrogens is 336 g/mol. The number of amides is 1. The van der Waals surface area contributed by atoms with Gasteiger partial charge in [0.05, 0.1) is 6.61 Å². The summed E-state index contributed by atoms with van der Waals surface area (Å²) >= 11 is 5.20. The van der Waals surface area contributed by atoms with Crippen molar-refractivity contribution in [2.45, 2.75) is 13.8 Å². The van der Waals surface area contributed by atoms with Gasteiger partial charge < -0.3 is 14.8 Å². The predicted octanol–water partition coefficient (Wildman–Crippen LogP) is 3.54. The lowest BCUT2D eigenvalue weighted by atomic mass is 10.1. The van der Waals surface area contributed by atoms with E-state index in [0.29, 0.717) is 31.1 Å². The fourth-order valence-electron chi connectivity index (χ4n) is 2.07. The molecule has 2 rings (SSSR count). The van der Waals surface area contributed by atoms with Crippen molar-refractivity contribution in [2.24, 2.45) is 0 Å². The van der Waals surface area contributed by atoms with Crippen molar-refractivity contribution < 1.29 is 14.3 Å².